The normalized spacial score (nSPS) is 17.1. The van der Waals surface area contributed by atoms with Crippen molar-refractivity contribution in [3.8, 4) is 0 Å². The van der Waals surface area contributed by atoms with Crippen molar-refractivity contribution < 1.29 is 9.18 Å². The van der Waals surface area contributed by atoms with Gasteiger partial charge < -0.3 is 0 Å². The van der Waals surface area contributed by atoms with Crippen molar-refractivity contribution in [2.75, 3.05) is 0 Å². The van der Waals surface area contributed by atoms with E-state index >= 15 is 0 Å². The van der Waals surface area contributed by atoms with E-state index in [4.69, 9.17) is 11.6 Å². The Labute approximate surface area is 105 Å². The standard InChI is InChI=1S/C13H13ClFNO/c1-2-9-6-10(12(15)11(14)7-9)13(16-8-17)4-3-5-13/h6-7H,2-5H2,1H3. The van der Waals surface area contributed by atoms with E-state index in [1.807, 2.05) is 6.92 Å². The molecule has 0 spiro atoms. The summed E-state index contributed by atoms with van der Waals surface area (Å²) in [5, 5.41) is 0.103. The highest BCUT2D eigenvalue weighted by Crippen LogP contribution is 2.46. The van der Waals surface area contributed by atoms with E-state index in [9.17, 15) is 9.18 Å². The molecule has 4 heteroatoms. The second-order valence-electron chi connectivity index (χ2n) is 4.38. The summed E-state index contributed by atoms with van der Waals surface area (Å²) in [6, 6.07) is 3.39. The summed E-state index contributed by atoms with van der Waals surface area (Å²) in [7, 11) is 0. The Morgan fingerprint density at radius 2 is 2.24 bits per heavy atom. The molecule has 1 aliphatic rings. The van der Waals surface area contributed by atoms with Gasteiger partial charge in [0.1, 0.15) is 11.4 Å². The second kappa shape index (κ2) is 4.59. The van der Waals surface area contributed by atoms with Crippen LogP contribution in [0.3, 0.4) is 0 Å². The Balaban J connectivity index is 2.57. The lowest BCUT2D eigenvalue weighted by Gasteiger charge is -2.37. The molecule has 1 fully saturated rings. The van der Waals surface area contributed by atoms with Crippen LogP contribution in [0, 0.1) is 5.82 Å². The number of rotatable bonds is 3. The smallest absolute Gasteiger partial charge is 0.211 e. The third-order valence-corrected chi connectivity index (χ3v) is 3.71. The Morgan fingerprint density at radius 3 is 2.71 bits per heavy atom. The number of isocyanates is 1. The van der Waals surface area contributed by atoms with Gasteiger partial charge in [-0.25, -0.2) is 9.18 Å². The molecular formula is C13H13ClFNO. The monoisotopic (exact) mass is 253 g/mol. The first-order valence-electron chi connectivity index (χ1n) is 5.70. The molecule has 1 aromatic carbocycles. The highest BCUT2D eigenvalue weighted by molar-refractivity contribution is 6.30. The summed E-state index contributed by atoms with van der Waals surface area (Å²) < 4.78 is 14.0. The third-order valence-electron chi connectivity index (χ3n) is 3.44. The Bertz CT molecular complexity index is 490. The fourth-order valence-electron chi connectivity index (χ4n) is 2.23. The van der Waals surface area contributed by atoms with Crippen LogP contribution in [0.25, 0.3) is 0 Å². The SMILES string of the molecule is CCc1cc(Cl)c(F)c(C2(N=C=O)CCC2)c1. The molecule has 1 saturated carbocycles. The highest BCUT2D eigenvalue weighted by Gasteiger charge is 2.41. The molecule has 0 bridgehead atoms. The van der Waals surface area contributed by atoms with Gasteiger partial charge in [0.2, 0.25) is 6.08 Å². The van der Waals surface area contributed by atoms with Gasteiger partial charge in [-0.2, -0.15) is 4.99 Å². The number of aryl methyl sites for hydroxylation is 1. The topological polar surface area (TPSA) is 29.4 Å². The molecule has 0 atom stereocenters. The lowest BCUT2D eigenvalue weighted by molar-refractivity contribution is 0.247. The predicted octanol–water partition coefficient (Wildman–Crippen LogP) is 3.76. The number of benzene rings is 1. The largest absolute Gasteiger partial charge is 0.235 e. The van der Waals surface area contributed by atoms with Gasteiger partial charge in [0.05, 0.1) is 5.02 Å². The van der Waals surface area contributed by atoms with Crippen molar-refractivity contribution in [2.24, 2.45) is 4.99 Å². The van der Waals surface area contributed by atoms with Crippen LogP contribution >= 0.6 is 11.6 Å². The van der Waals surface area contributed by atoms with Crippen molar-refractivity contribution in [2.45, 2.75) is 38.1 Å². The molecule has 2 rings (SSSR count). The van der Waals surface area contributed by atoms with Gasteiger partial charge in [0, 0.05) is 5.56 Å². The molecule has 0 saturated heterocycles. The lowest BCUT2D eigenvalue weighted by Crippen LogP contribution is -2.33. The van der Waals surface area contributed by atoms with Crippen molar-refractivity contribution in [1.29, 1.82) is 0 Å². The number of carbonyl (C=O) groups excluding carboxylic acids is 1. The van der Waals surface area contributed by atoms with Gasteiger partial charge in [0.15, 0.2) is 0 Å². The van der Waals surface area contributed by atoms with Crippen LogP contribution in [0.2, 0.25) is 5.02 Å². The number of aliphatic imine (C=N–C) groups is 1. The van der Waals surface area contributed by atoms with Crippen molar-refractivity contribution in [3.05, 3.63) is 34.1 Å². The minimum atomic E-state index is -0.722. The van der Waals surface area contributed by atoms with Gasteiger partial charge in [-0.15, -0.1) is 0 Å². The molecular weight excluding hydrogens is 241 g/mol. The molecule has 0 heterocycles. The molecule has 1 aromatic rings. The van der Waals surface area contributed by atoms with Gasteiger partial charge in [-0.3, -0.25) is 0 Å². The maximum atomic E-state index is 14.0. The zero-order chi connectivity index (χ0) is 12.5. The summed E-state index contributed by atoms with van der Waals surface area (Å²) in [5.41, 5.74) is 0.677. The van der Waals surface area contributed by atoms with Crippen LogP contribution in [0.5, 0.6) is 0 Å². The lowest BCUT2D eigenvalue weighted by atomic mass is 9.72. The van der Waals surface area contributed by atoms with Crippen molar-refractivity contribution in [1.82, 2.24) is 0 Å². The van der Waals surface area contributed by atoms with E-state index in [0.717, 1.165) is 18.4 Å². The minimum absolute atomic E-state index is 0.103. The van der Waals surface area contributed by atoms with E-state index in [2.05, 4.69) is 4.99 Å². The Hall–Kier alpha value is -1.18. The summed E-state index contributed by atoms with van der Waals surface area (Å²) in [6.45, 7) is 1.98. The van der Waals surface area contributed by atoms with Crippen LogP contribution in [-0.4, -0.2) is 6.08 Å². The van der Waals surface area contributed by atoms with Crippen molar-refractivity contribution in [3.63, 3.8) is 0 Å². The number of nitrogens with zero attached hydrogens (tertiary/aromatic N) is 1. The van der Waals surface area contributed by atoms with Crippen LogP contribution < -0.4 is 0 Å². The first kappa shape index (κ1) is 12.3. The first-order valence-corrected chi connectivity index (χ1v) is 6.08. The second-order valence-corrected chi connectivity index (χ2v) is 4.79. The first-order chi connectivity index (χ1) is 8.13. The summed E-state index contributed by atoms with van der Waals surface area (Å²) in [4.78, 5) is 14.3. The average molecular weight is 254 g/mol. The summed E-state index contributed by atoms with van der Waals surface area (Å²) in [5.74, 6) is -0.456. The van der Waals surface area contributed by atoms with Crippen LogP contribution in [-0.2, 0) is 16.8 Å². The summed E-state index contributed by atoms with van der Waals surface area (Å²) in [6.07, 6.45) is 4.64. The summed E-state index contributed by atoms with van der Waals surface area (Å²) >= 11 is 5.87. The van der Waals surface area contributed by atoms with E-state index in [1.54, 1.807) is 18.2 Å². The maximum absolute atomic E-state index is 14.0. The Morgan fingerprint density at radius 1 is 1.53 bits per heavy atom. The van der Waals surface area contributed by atoms with Crippen molar-refractivity contribution >= 4 is 17.7 Å². The molecule has 1 aliphatic carbocycles. The fraction of sp³-hybridized carbons (Fsp3) is 0.462. The predicted molar refractivity (Wildman–Crippen MR) is 64.4 cm³/mol. The minimum Gasteiger partial charge on any atom is -0.211 e. The van der Waals surface area contributed by atoms with E-state index in [0.29, 0.717) is 18.4 Å². The number of hydrogen-bond acceptors (Lipinski definition) is 2. The third kappa shape index (κ3) is 2.01. The molecule has 0 aliphatic heterocycles. The Kier molecular flexibility index (Phi) is 3.32. The van der Waals surface area contributed by atoms with Crippen LogP contribution in [0.4, 0.5) is 4.39 Å². The highest BCUT2D eigenvalue weighted by atomic mass is 35.5. The quantitative estimate of drug-likeness (QED) is 0.596. The molecule has 0 radical (unpaired) electrons. The molecule has 0 amide bonds. The molecule has 2 nitrogen and oxygen atoms in total. The number of halogens is 2. The fourth-order valence-corrected chi connectivity index (χ4v) is 2.47. The van der Waals surface area contributed by atoms with Crippen LogP contribution in [0.15, 0.2) is 17.1 Å². The maximum Gasteiger partial charge on any atom is 0.235 e. The molecule has 17 heavy (non-hydrogen) atoms. The van der Waals surface area contributed by atoms with E-state index in [1.165, 1.54) is 0 Å². The molecule has 90 valence electrons. The zero-order valence-electron chi connectivity index (χ0n) is 9.59. The van der Waals surface area contributed by atoms with Gasteiger partial charge in [0.25, 0.3) is 0 Å². The average Bonchev–Trinajstić information content (AvgIpc) is 2.27. The van der Waals surface area contributed by atoms with Crippen LogP contribution in [0.1, 0.15) is 37.3 Å². The molecule has 0 N–H and O–H groups in total. The molecule has 0 unspecified atom stereocenters. The van der Waals surface area contributed by atoms with E-state index in [-0.39, 0.29) is 5.02 Å². The van der Waals surface area contributed by atoms with Gasteiger partial charge in [-0.05, 0) is 37.3 Å². The van der Waals surface area contributed by atoms with Gasteiger partial charge >= 0.3 is 0 Å². The van der Waals surface area contributed by atoms with E-state index < -0.39 is 11.4 Å². The number of hydrogen-bond donors (Lipinski definition) is 0. The molecule has 0 aromatic heterocycles. The zero-order valence-corrected chi connectivity index (χ0v) is 10.4. The van der Waals surface area contributed by atoms with Gasteiger partial charge in [-0.1, -0.05) is 24.6 Å².